The third-order valence-electron chi connectivity index (χ3n) is 5.52. The van der Waals surface area contributed by atoms with Crippen LogP contribution in [0.5, 0.6) is 0 Å². The quantitative estimate of drug-likeness (QED) is 0.287. The van der Waals surface area contributed by atoms with Gasteiger partial charge in [-0.05, 0) is 23.8 Å². The SMILES string of the molecule is C[n+]1c(CN(C=O)c2nc3cc[nH]c3nc2N)n(Cc2ccccc2)c2ccccc21.O=C[O-]. The van der Waals surface area contributed by atoms with Crippen LogP contribution in [0.4, 0.5) is 11.6 Å². The molecule has 10 heteroatoms. The van der Waals surface area contributed by atoms with E-state index in [1.807, 2.05) is 37.4 Å². The van der Waals surface area contributed by atoms with E-state index in [1.54, 1.807) is 12.3 Å². The van der Waals surface area contributed by atoms with Crippen LogP contribution < -0.4 is 20.3 Å². The number of nitrogen functional groups attached to an aromatic ring is 1. The van der Waals surface area contributed by atoms with Gasteiger partial charge >= 0.3 is 0 Å². The van der Waals surface area contributed by atoms with Crippen LogP contribution >= 0.6 is 0 Å². The number of nitrogens with two attached hydrogens (primary N) is 1. The predicted molar refractivity (Wildman–Crippen MR) is 125 cm³/mol. The van der Waals surface area contributed by atoms with E-state index >= 15 is 0 Å². The average Bonchev–Trinajstić information content (AvgIpc) is 3.41. The minimum atomic E-state index is -0.500. The highest BCUT2D eigenvalue weighted by Crippen LogP contribution is 2.24. The monoisotopic (exact) mass is 457 g/mol. The summed E-state index contributed by atoms with van der Waals surface area (Å²) in [5, 5.41) is 8.25. The zero-order valence-corrected chi connectivity index (χ0v) is 18.5. The molecule has 0 saturated carbocycles. The molecule has 1 amide bonds. The number of anilines is 2. The summed E-state index contributed by atoms with van der Waals surface area (Å²) >= 11 is 0. The van der Waals surface area contributed by atoms with Crippen LogP contribution in [0.2, 0.25) is 0 Å². The Balaban J connectivity index is 0.000000868. The number of carbonyl (C=O) groups is 2. The molecule has 0 aliphatic rings. The van der Waals surface area contributed by atoms with Gasteiger partial charge in [-0.3, -0.25) is 9.69 Å². The summed E-state index contributed by atoms with van der Waals surface area (Å²) in [6.45, 7) is 0.485. The summed E-state index contributed by atoms with van der Waals surface area (Å²) in [6, 6.07) is 20.3. The van der Waals surface area contributed by atoms with Gasteiger partial charge < -0.3 is 20.6 Å². The Morgan fingerprint density at radius 3 is 2.53 bits per heavy atom. The minimum absolute atomic E-state index is 0.204. The lowest BCUT2D eigenvalue weighted by molar-refractivity contribution is -0.653. The number of rotatable bonds is 6. The van der Waals surface area contributed by atoms with E-state index in [0.717, 1.165) is 23.3 Å². The van der Waals surface area contributed by atoms with E-state index in [2.05, 4.69) is 48.4 Å². The van der Waals surface area contributed by atoms with E-state index in [0.29, 0.717) is 30.1 Å². The average molecular weight is 457 g/mol. The second-order valence-corrected chi connectivity index (χ2v) is 7.51. The molecule has 3 aromatic heterocycles. The van der Waals surface area contributed by atoms with Crippen molar-refractivity contribution >= 4 is 46.7 Å². The fourth-order valence-corrected chi connectivity index (χ4v) is 3.97. The van der Waals surface area contributed by atoms with Crippen LogP contribution in [0.25, 0.3) is 22.2 Å². The highest BCUT2D eigenvalue weighted by atomic mass is 16.3. The van der Waals surface area contributed by atoms with Crippen molar-refractivity contribution in [2.45, 2.75) is 13.1 Å². The van der Waals surface area contributed by atoms with E-state index in [4.69, 9.17) is 15.6 Å². The number of imidazole rings is 1. The van der Waals surface area contributed by atoms with Gasteiger partial charge in [0.2, 0.25) is 6.41 Å². The Morgan fingerprint density at radius 2 is 1.79 bits per heavy atom. The zero-order valence-electron chi connectivity index (χ0n) is 18.5. The van der Waals surface area contributed by atoms with Gasteiger partial charge in [0.05, 0.1) is 7.05 Å². The molecule has 10 nitrogen and oxygen atoms in total. The Labute approximate surface area is 194 Å². The number of carbonyl (C=O) groups excluding carboxylic acids is 2. The van der Waals surface area contributed by atoms with Crippen LogP contribution in [-0.4, -0.2) is 32.4 Å². The van der Waals surface area contributed by atoms with Crippen molar-refractivity contribution in [2.24, 2.45) is 7.05 Å². The third kappa shape index (κ3) is 4.29. The molecule has 2 aromatic carbocycles. The van der Waals surface area contributed by atoms with Gasteiger partial charge in [0.25, 0.3) is 5.82 Å². The lowest BCUT2D eigenvalue weighted by Gasteiger charge is -2.16. The van der Waals surface area contributed by atoms with Gasteiger partial charge in [0, 0.05) is 12.7 Å². The summed E-state index contributed by atoms with van der Waals surface area (Å²) in [5.74, 6) is 1.50. The first-order chi connectivity index (χ1) is 16.6. The number of aromatic nitrogens is 5. The number of hydrogen-bond donors (Lipinski definition) is 2. The smallest absolute Gasteiger partial charge is 0.277 e. The Hall–Kier alpha value is -4.73. The molecule has 0 saturated heterocycles. The molecule has 0 aliphatic carbocycles. The van der Waals surface area contributed by atoms with Crippen molar-refractivity contribution in [2.75, 3.05) is 10.6 Å². The molecule has 0 aliphatic heterocycles. The maximum Gasteiger partial charge on any atom is 0.277 e. The first-order valence-corrected chi connectivity index (χ1v) is 10.5. The van der Waals surface area contributed by atoms with Gasteiger partial charge in [-0.25, -0.2) is 19.1 Å². The summed E-state index contributed by atoms with van der Waals surface area (Å²) in [4.78, 5) is 33.8. The molecule has 0 fully saturated rings. The normalized spacial score (nSPS) is 10.6. The van der Waals surface area contributed by atoms with Crippen molar-refractivity contribution < 1.29 is 19.3 Å². The molecule has 0 atom stereocenters. The number of para-hydroxylation sites is 2. The topological polar surface area (TPSA) is 137 Å². The number of aryl methyl sites for hydroxylation is 1. The number of aromatic amines is 1. The van der Waals surface area contributed by atoms with Crippen molar-refractivity contribution in [3.8, 4) is 0 Å². The van der Waals surface area contributed by atoms with E-state index in [-0.39, 0.29) is 5.82 Å². The van der Waals surface area contributed by atoms with Gasteiger partial charge in [-0.2, -0.15) is 0 Å². The van der Waals surface area contributed by atoms with E-state index in [9.17, 15) is 4.79 Å². The van der Waals surface area contributed by atoms with Gasteiger partial charge in [-0.15, -0.1) is 0 Å². The van der Waals surface area contributed by atoms with Crippen molar-refractivity contribution in [1.29, 1.82) is 0 Å². The number of benzene rings is 2. The van der Waals surface area contributed by atoms with Gasteiger partial charge in [-0.1, -0.05) is 42.5 Å². The van der Waals surface area contributed by atoms with Crippen molar-refractivity contribution in [3.63, 3.8) is 0 Å². The van der Waals surface area contributed by atoms with Crippen LogP contribution in [0.3, 0.4) is 0 Å². The van der Waals surface area contributed by atoms with E-state index in [1.165, 1.54) is 10.5 Å². The molecule has 0 bridgehead atoms. The largest absolute Gasteiger partial charge is 0.554 e. The van der Waals surface area contributed by atoms with Gasteiger partial charge in [0.1, 0.15) is 18.6 Å². The molecule has 3 heterocycles. The number of carboxylic acid groups (broad SMARTS) is 1. The maximum absolute atomic E-state index is 12.1. The Kier molecular flexibility index (Phi) is 6.49. The summed E-state index contributed by atoms with van der Waals surface area (Å²) in [5.41, 5.74) is 10.7. The van der Waals surface area contributed by atoms with Gasteiger partial charge in [0.15, 0.2) is 28.3 Å². The molecule has 5 rings (SSSR count). The number of fused-ring (bicyclic) bond motifs is 2. The third-order valence-corrected chi connectivity index (χ3v) is 5.52. The number of hydrogen-bond acceptors (Lipinski definition) is 6. The molecule has 0 unspecified atom stereocenters. The fraction of sp³-hybridized carbons (Fsp3) is 0.125. The molecule has 34 heavy (non-hydrogen) atoms. The number of amides is 1. The lowest BCUT2D eigenvalue weighted by Crippen LogP contribution is -2.38. The highest BCUT2D eigenvalue weighted by Gasteiger charge is 2.26. The minimum Gasteiger partial charge on any atom is -0.554 e. The summed E-state index contributed by atoms with van der Waals surface area (Å²) in [7, 11) is 2.01. The lowest BCUT2D eigenvalue weighted by atomic mass is 10.2. The first-order valence-electron chi connectivity index (χ1n) is 10.5. The fourth-order valence-electron chi connectivity index (χ4n) is 3.97. The molecule has 5 aromatic rings. The second-order valence-electron chi connectivity index (χ2n) is 7.51. The highest BCUT2D eigenvalue weighted by molar-refractivity contribution is 5.84. The molecule has 3 N–H and O–H groups in total. The second kappa shape index (κ2) is 9.82. The van der Waals surface area contributed by atoms with Crippen molar-refractivity contribution in [1.82, 2.24) is 19.5 Å². The maximum atomic E-state index is 12.1. The van der Waals surface area contributed by atoms with Crippen LogP contribution in [0.1, 0.15) is 11.4 Å². The summed E-state index contributed by atoms with van der Waals surface area (Å²) in [6.07, 6.45) is 2.50. The molecule has 0 spiro atoms. The Morgan fingerprint density at radius 1 is 1.09 bits per heavy atom. The van der Waals surface area contributed by atoms with E-state index < -0.39 is 6.47 Å². The molecule has 0 radical (unpaired) electrons. The van der Waals surface area contributed by atoms with Crippen molar-refractivity contribution in [3.05, 3.63) is 78.2 Å². The molecular formula is C24H23N7O3. The standard InChI is InChI=1S/C23H22N7O.CH2O2/c1-28-18-9-5-6-10-19(18)30(13-16-7-3-2-4-8-16)20(28)14-29(15-31)23-21(24)27-22-17(26-23)11-12-25-22;2-1-3/h2-12,15H,13-14H2,1H3,(H3,24,25,27);1H,(H,2,3)/q+1;/p-1. The Bertz CT molecular complexity index is 1440. The van der Waals surface area contributed by atoms with Crippen LogP contribution in [0.15, 0.2) is 66.9 Å². The number of nitrogens with one attached hydrogen (secondary N) is 1. The number of H-pyrrole nitrogens is 1. The van der Waals surface area contributed by atoms with Crippen LogP contribution in [0, 0.1) is 0 Å². The van der Waals surface area contributed by atoms with Crippen LogP contribution in [-0.2, 0) is 29.7 Å². The predicted octanol–water partition coefficient (Wildman–Crippen LogP) is 0.897. The molecule has 172 valence electrons. The zero-order chi connectivity index (χ0) is 24.1. The number of nitrogens with zero attached hydrogens (tertiary/aromatic N) is 5. The summed E-state index contributed by atoms with van der Waals surface area (Å²) < 4.78 is 4.33. The first kappa shape index (κ1) is 22.5. The molecular weight excluding hydrogens is 434 g/mol.